The van der Waals surface area contributed by atoms with Crippen molar-refractivity contribution >= 4 is 34.8 Å². The number of nitrogens with zero attached hydrogens (tertiary/aromatic N) is 1. The summed E-state index contributed by atoms with van der Waals surface area (Å²) in [6.45, 7) is 0.575. The molecule has 0 radical (unpaired) electrons. The Morgan fingerprint density at radius 2 is 1.86 bits per heavy atom. The summed E-state index contributed by atoms with van der Waals surface area (Å²) in [6.07, 6.45) is -3.94. The summed E-state index contributed by atoms with van der Waals surface area (Å²) < 4.78 is 44.6. The zero-order valence-electron chi connectivity index (χ0n) is 14.4. The first-order valence-electron chi connectivity index (χ1n) is 8.66. The third-order valence-corrected chi connectivity index (χ3v) is 5.70. The molecule has 2 heterocycles. The number of piperidine rings is 1. The van der Waals surface area contributed by atoms with Gasteiger partial charge in [-0.2, -0.15) is 13.2 Å². The number of benzene rings is 2. The van der Waals surface area contributed by atoms with Crippen molar-refractivity contribution < 1.29 is 22.7 Å². The van der Waals surface area contributed by atoms with E-state index in [1.54, 1.807) is 36.4 Å². The van der Waals surface area contributed by atoms with Crippen LogP contribution < -0.4 is 15.0 Å². The van der Waals surface area contributed by atoms with Crippen molar-refractivity contribution in [1.29, 1.82) is 0 Å². The second kappa shape index (κ2) is 7.04. The number of hydrogen-bond acceptors (Lipinski definition) is 3. The fraction of sp³-hybridized carbons (Fsp3) is 0.316. The lowest BCUT2D eigenvalue weighted by Gasteiger charge is -2.42. The molecule has 28 heavy (non-hydrogen) atoms. The molecule has 2 atom stereocenters. The van der Waals surface area contributed by atoms with Crippen LogP contribution in [0.1, 0.15) is 24.4 Å². The van der Waals surface area contributed by atoms with Crippen LogP contribution in [0.2, 0.25) is 10.0 Å². The Morgan fingerprint density at radius 3 is 2.61 bits per heavy atom. The van der Waals surface area contributed by atoms with Gasteiger partial charge >= 0.3 is 12.1 Å². The van der Waals surface area contributed by atoms with Gasteiger partial charge in [0, 0.05) is 18.2 Å². The van der Waals surface area contributed by atoms with Gasteiger partial charge in [0.05, 0.1) is 27.8 Å². The Kier molecular flexibility index (Phi) is 4.83. The number of amides is 1. The maximum absolute atomic E-state index is 12.9. The van der Waals surface area contributed by atoms with Crippen LogP contribution in [-0.4, -0.2) is 24.7 Å². The SMILES string of the molecule is O=C(N[C@H]1CCCN2c3cc(Cl)c(Cl)cc3Oc3ccccc3[C@H]12)C(F)(F)F. The van der Waals surface area contributed by atoms with E-state index in [0.717, 1.165) is 0 Å². The molecular formula is C19H15Cl2F3N2O2. The lowest BCUT2D eigenvalue weighted by Crippen LogP contribution is -2.52. The van der Waals surface area contributed by atoms with Crippen molar-refractivity contribution in [3.05, 3.63) is 52.0 Å². The second-order valence-corrected chi connectivity index (χ2v) is 7.55. The number of anilines is 1. The molecule has 1 fully saturated rings. The van der Waals surface area contributed by atoms with Crippen molar-refractivity contribution in [3.8, 4) is 11.5 Å². The van der Waals surface area contributed by atoms with Gasteiger partial charge in [0.15, 0.2) is 5.75 Å². The molecule has 1 saturated heterocycles. The molecule has 1 N–H and O–H groups in total. The quantitative estimate of drug-likeness (QED) is 0.650. The summed E-state index contributed by atoms with van der Waals surface area (Å²) in [7, 11) is 0. The summed E-state index contributed by atoms with van der Waals surface area (Å²) in [5.74, 6) is -0.980. The Morgan fingerprint density at radius 1 is 1.14 bits per heavy atom. The van der Waals surface area contributed by atoms with Gasteiger partial charge in [0.25, 0.3) is 0 Å². The molecule has 2 aromatic rings. The van der Waals surface area contributed by atoms with E-state index in [2.05, 4.69) is 5.32 Å². The highest BCUT2D eigenvalue weighted by molar-refractivity contribution is 6.42. The Balaban J connectivity index is 1.83. The van der Waals surface area contributed by atoms with Crippen molar-refractivity contribution in [2.75, 3.05) is 11.4 Å². The van der Waals surface area contributed by atoms with Crippen LogP contribution in [0.25, 0.3) is 0 Å². The molecule has 0 spiro atoms. The number of ether oxygens (including phenoxy) is 1. The fourth-order valence-corrected chi connectivity index (χ4v) is 4.12. The molecule has 1 amide bonds. The summed E-state index contributed by atoms with van der Waals surface area (Å²) >= 11 is 12.3. The van der Waals surface area contributed by atoms with Crippen LogP contribution in [-0.2, 0) is 4.79 Å². The van der Waals surface area contributed by atoms with Gasteiger partial charge in [0.1, 0.15) is 5.75 Å². The standard InChI is InChI=1S/C19H15Cl2F3N2O2/c20-11-8-14-16(9-12(11)21)28-15-6-2-1-4-10(15)17-13(5-3-7-26(14)17)25-18(27)19(22,23)24/h1-2,4,6,8-9,13,17H,3,5,7H2,(H,25,27)/t13-,17+/m0/s1. The van der Waals surface area contributed by atoms with E-state index in [1.807, 2.05) is 4.90 Å². The topological polar surface area (TPSA) is 41.6 Å². The highest BCUT2D eigenvalue weighted by Gasteiger charge is 2.44. The average Bonchev–Trinajstić information content (AvgIpc) is 2.77. The number of carbonyl (C=O) groups is 1. The number of alkyl halides is 3. The molecule has 4 nitrogen and oxygen atoms in total. The van der Waals surface area contributed by atoms with Crippen molar-refractivity contribution in [3.63, 3.8) is 0 Å². The van der Waals surface area contributed by atoms with E-state index in [-0.39, 0.29) is 0 Å². The van der Waals surface area contributed by atoms with E-state index in [4.69, 9.17) is 27.9 Å². The Bertz CT molecular complexity index is 936. The summed E-state index contributed by atoms with van der Waals surface area (Å²) in [4.78, 5) is 13.5. The van der Waals surface area contributed by atoms with Crippen molar-refractivity contribution in [2.24, 2.45) is 0 Å². The highest BCUT2D eigenvalue weighted by Crippen LogP contribution is 2.49. The van der Waals surface area contributed by atoms with Crippen LogP contribution in [0, 0.1) is 0 Å². The fourth-order valence-electron chi connectivity index (χ4n) is 3.81. The number of para-hydroxylation sites is 1. The summed E-state index contributed by atoms with van der Waals surface area (Å²) in [5.41, 5.74) is 1.32. The molecule has 0 aromatic heterocycles. The van der Waals surface area contributed by atoms with Gasteiger partial charge in [-0.1, -0.05) is 41.4 Å². The molecule has 0 unspecified atom stereocenters. The minimum Gasteiger partial charge on any atom is -0.455 e. The molecule has 4 rings (SSSR count). The minimum atomic E-state index is -4.95. The van der Waals surface area contributed by atoms with E-state index in [0.29, 0.717) is 52.2 Å². The number of nitrogens with one attached hydrogen (secondary N) is 1. The molecule has 0 aliphatic carbocycles. The predicted molar refractivity (Wildman–Crippen MR) is 100 cm³/mol. The van der Waals surface area contributed by atoms with Crippen LogP contribution in [0.4, 0.5) is 18.9 Å². The normalized spacial score (nSPS) is 21.0. The molecular weight excluding hydrogens is 416 g/mol. The van der Waals surface area contributed by atoms with Gasteiger partial charge < -0.3 is 15.0 Å². The van der Waals surface area contributed by atoms with E-state index >= 15 is 0 Å². The zero-order chi connectivity index (χ0) is 20.1. The smallest absolute Gasteiger partial charge is 0.455 e. The maximum Gasteiger partial charge on any atom is 0.471 e. The number of hydrogen-bond donors (Lipinski definition) is 1. The van der Waals surface area contributed by atoms with Crippen LogP contribution in [0.15, 0.2) is 36.4 Å². The van der Waals surface area contributed by atoms with E-state index in [1.165, 1.54) is 0 Å². The molecule has 2 aromatic carbocycles. The second-order valence-electron chi connectivity index (χ2n) is 6.73. The molecule has 2 aliphatic rings. The summed E-state index contributed by atoms with van der Waals surface area (Å²) in [5, 5.41) is 2.79. The summed E-state index contributed by atoms with van der Waals surface area (Å²) in [6, 6.07) is 9.05. The first kappa shape index (κ1) is 19.2. The molecule has 2 aliphatic heterocycles. The monoisotopic (exact) mass is 430 g/mol. The highest BCUT2D eigenvalue weighted by atomic mass is 35.5. The molecule has 9 heteroatoms. The number of rotatable bonds is 1. The first-order chi connectivity index (χ1) is 13.3. The van der Waals surface area contributed by atoms with E-state index in [9.17, 15) is 18.0 Å². The van der Waals surface area contributed by atoms with Gasteiger partial charge in [-0.25, -0.2) is 0 Å². The van der Waals surface area contributed by atoms with Gasteiger partial charge in [-0.15, -0.1) is 0 Å². The van der Waals surface area contributed by atoms with Gasteiger partial charge in [0.2, 0.25) is 0 Å². The molecule has 148 valence electrons. The lowest BCUT2D eigenvalue weighted by molar-refractivity contribution is -0.174. The Labute approximate surface area is 169 Å². The minimum absolute atomic E-state index is 0.315. The van der Waals surface area contributed by atoms with Gasteiger partial charge in [-0.3, -0.25) is 4.79 Å². The van der Waals surface area contributed by atoms with Crippen molar-refractivity contribution in [2.45, 2.75) is 31.1 Å². The van der Waals surface area contributed by atoms with Gasteiger partial charge in [-0.05, 0) is 25.0 Å². The first-order valence-corrected chi connectivity index (χ1v) is 9.41. The van der Waals surface area contributed by atoms with Crippen molar-refractivity contribution in [1.82, 2.24) is 5.32 Å². The molecule has 0 saturated carbocycles. The number of carbonyl (C=O) groups excluding carboxylic acids is 1. The van der Waals surface area contributed by atoms with E-state index < -0.39 is 24.2 Å². The van der Waals surface area contributed by atoms with Crippen LogP contribution in [0.5, 0.6) is 11.5 Å². The average molecular weight is 431 g/mol. The lowest BCUT2D eigenvalue weighted by atomic mass is 9.89. The Hall–Kier alpha value is -2.12. The third kappa shape index (κ3) is 3.37. The maximum atomic E-state index is 12.9. The van der Waals surface area contributed by atoms with Crippen LogP contribution in [0.3, 0.4) is 0 Å². The third-order valence-electron chi connectivity index (χ3n) is 4.97. The number of halogens is 5. The molecule has 0 bridgehead atoms. The largest absolute Gasteiger partial charge is 0.471 e. The number of fused-ring (bicyclic) bond motifs is 5. The zero-order valence-corrected chi connectivity index (χ0v) is 15.9. The predicted octanol–water partition coefficient (Wildman–Crippen LogP) is 5.49. The van der Waals surface area contributed by atoms with Crippen LogP contribution >= 0.6 is 23.2 Å².